The zero-order chi connectivity index (χ0) is 12.8. The molecule has 0 bridgehead atoms. The topological polar surface area (TPSA) is 59.6 Å². The molecule has 0 radical (unpaired) electrons. The Labute approximate surface area is 109 Å². The molecule has 0 aromatic rings. The summed E-state index contributed by atoms with van der Waals surface area (Å²) >= 11 is 0. The number of likely N-dealkylation sites (N-methyl/N-ethyl adjacent to an activating group) is 1. The number of hydrogen-bond donors (Lipinski definition) is 2. The molecule has 2 N–H and O–H groups in total. The number of carbonyl (C=O) groups is 1. The van der Waals surface area contributed by atoms with Crippen LogP contribution in [0.5, 0.6) is 0 Å². The van der Waals surface area contributed by atoms with Crippen LogP contribution in [0.15, 0.2) is 0 Å². The van der Waals surface area contributed by atoms with Crippen LogP contribution in [0.25, 0.3) is 0 Å². The number of nitrogens with one attached hydrogen (secondary N) is 2. The highest BCUT2D eigenvalue weighted by Gasteiger charge is 2.32. The van der Waals surface area contributed by atoms with Gasteiger partial charge in [0, 0.05) is 19.2 Å². The van der Waals surface area contributed by atoms with Crippen molar-refractivity contribution in [3.8, 4) is 0 Å². The largest absolute Gasteiger partial charge is 0.379 e. The van der Waals surface area contributed by atoms with Crippen LogP contribution < -0.4 is 10.6 Å². The first-order chi connectivity index (χ1) is 8.81. The van der Waals surface area contributed by atoms with Gasteiger partial charge in [-0.3, -0.25) is 4.79 Å². The van der Waals surface area contributed by atoms with E-state index >= 15 is 0 Å². The van der Waals surface area contributed by atoms with Gasteiger partial charge in [0.15, 0.2) is 0 Å². The summed E-state index contributed by atoms with van der Waals surface area (Å²) < 4.78 is 11.0. The SMILES string of the molecule is CNC1COCC1C(=O)NCCC1CCCCO1. The molecule has 3 atom stereocenters. The molecular formula is C13H24N2O3. The summed E-state index contributed by atoms with van der Waals surface area (Å²) in [4.78, 5) is 12.0. The summed E-state index contributed by atoms with van der Waals surface area (Å²) in [5.74, 6) is 0.0462. The second kappa shape index (κ2) is 7.07. The molecule has 2 saturated heterocycles. The third kappa shape index (κ3) is 3.67. The standard InChI is InChI=1S/C13H24N2O3/c1-14-12-9-17-8-11(12)13(16)15-6-5-10-4-2-3-7-18-10/h10-12,14H,2-9H2,1H3,(H,15,16). The fourth-order valence-electron chi connectivity index (χ4n) is 2.62. The molecule has 0 aliphatic carbocycles. The maximum Gasteiger partial charge on any atom is 0.227 e. The predicted molar refractivity (Wildman–Crippen MR) is 68.4 cm³/mol. The van der Waals surface area contributed by atoms with Crippen molar-refractivity contribution in [1.29, 1.82) is 0 Å². The number of amides is 1. The zero-order valence-corrected chi connectivity index (χ0v) is 11.1. The van der Waals surface area contributed by atoms with Gasteiger partial charge in [-0.05, 0) is 32.7 Å². The molecule has 2 aliphatic rings. The summed E-state index contributed by atoms with van der Waals surface area (Å²) in [6, 6.07) is 0.149. The molecule has 0 spiro atoms. The van der Waals surface area contributed by atoms with Crippen molar-refractivity contribution < 1.29 is 14.3 Å². The average Bonchev–Trinajstić information content (AvgIpc) is 2.88. The quantitative estimate of drug-likeness (QED) is 0.742. The van der Waals surface area contributed by atoms with E-state index in [0.29, 0.717) is 25.9 Å². The lowest BCUT2D eigenvalue weighted by Crippen LogP contribution is -2.43. The van der Waals surface area contributed by atoms with Crippen LogP contribution in [0.3, 0.4) is 0 Å². The fourth-order valence-corrected chi connectivity index (χ4v) is 2.62. The Morgan fingerprint density at radius 1 is 1.33 bits per heavy atom. The monoisotopic (exact) mass is 256 g/mol. The van der Waals surface area contributed by atoms with Crippen molar-refractivity contribution in [3.05, 3.63) is 0 Å². The van der Waals surface area contributed by atoms with Gasteiger partial charge < -0.3 is 20.1 Å². The Balaban J connectivity index is 1.64. The Hall–Kier alpha value is -0.650. The lowest BCUT2D eigenvalue weighted by atomic mass is 10.0. The minimum Gasteiger partial charge on any atom is -0.379 e. The molecule has 1 amide bonds. The summed E-state index contributed by atoms with van der Waals surface area (Å²) in [7, 11) is 1.87. The second-order valence-corrected chi connectivity index (χ2v) is 5.11. The zero-order valence-electron chi connectivity index (χ0n) is 11.1. The minimum absolute atomic E-state index is 0.0534. The molecule has 0 aromatic heterocycles. The number of hydrogen-bond acceptors (Lipinski definition) is 4. The van der Waals surface area contributed by atoms with E-state index < -0.39 is 0 Å². The van der Waals surface area contributed by atoms with Crippen molar-refractivity contribution in [2.45, 2.75) is 37.8 Å². The van der Waals surface area contributed by atoms with Crippen molar-refractivity contribution in [2.24, 2.45) is 5.92 Å². The number of carbonyl (C=O) groups excluding carboxylic acids is 1. The second-order valence-electron chi connectivity index (χ2n) is 5.11. The van der Waals surface area contributed by atoms with E-state index in [9.17, 15) is 4.79 Å². The van der Waals surface area contributed by atoms with E-state index in [0.717, 1.165) is 19.4 Å². The maximum absolute atomic E-state index is 12.0. The molecule has 2 rings (SSSR count). The maximum atomic E-state index is 12.0. The first-order valence-electron chi connectivity index (χ1n) is 6.95. The van der Waals surface area contributed by atoms with Crippen molar-refractivity contribution >= 4 is 5.91 Å². The van der Waals surface area contributed by atoms with E-state index in [1.807, 2.05) is 7.05 Å². The van der Waals surface area contributed by atoms with Crippen LogP contribution in [0.4, 0.5) is 0 Å². The van der Waals surface area contributed by atoms with Crippen LogP contribution in [0.1, 0.15) is 25.7 Å². The highest BCUT2D eigenvalue weighted by Crippen LogP contribution is 2.16. The first kappa shape index (κ1) is 13.8. The molecule has 0 saturated carbocycles. The molecule has 5 nitrogen and oxygen atoms in total. The van der Waals surface area contributed by atoms with Gasteiger partial charge in [-0.15, -0.1) is 0 Å². The van der Waals surface area contributed by atoms with Gasteiger partial charge in [0.05, 0.1) is 25.2 Å². The number of rotatable bonds is 5. The highest BCUT2D eigenvalue weighted by molar-refractivity contribution is 5.79. The molecule has 3 unspecified atom stereocenters. The molecule has 2 heterocycles. The Bertz CT molecular complexity index is 267. The fraction of sp³-hybridized carbons (Fsp3) is 0.923. The van der Waals surface area contributed by atoms with Gasteiger partial charge in [0.25, 0.3) is 0 Å². The third-order valence-electron chi connectivity index (χ3n) is 3.83. The molecule has 104 valence electrons. The summed E-state index contributed by atoms with van der Waals surface area (Å²) in [5, 5.41) is 6.12. The van der Waals surface area contributed by atoms with Crippen LogP contribution in [0.2, 0.25) is 0 Å². The van der Waals surface area contributed by atoms with Crippen molar-refractivity contribution in [1.82, 2.24) is 10.6 Å². The lowest BCUT2D eigenvalue weighted by molar-refractivity contribution is -0.125. The van der Waals surface area contributed by atoms with E-state index in [1.54, 1.807) is 0 Å². The van der Waals surface area contributed by atoms with Gasteiger partial charge >= 0.3 is 0 Å². The Morgan fingerprint density at radius 2 is 2.22 bits per heavy atom. The van der Waals surface area contributed by atoms with Crippen LogP contribution in [-0.4, -0.2) is 51.5 Å². The molecule has 2 fully saturated rings. The van der Waals surface area contributed by atoms with E-state index in [2.05, 4.69) is 10.6 Å². The lowest BCUT2D eigenvalue weighted by Gasteiger charge is -2.23. The smallest absolute Gasteiger partial charge is 0.227 e. The normalized spacial score (nSPS) is 32.4. The number of ether oxygens (including phenoxy) is 2. The van der Waals surface area contributed by atoms with Crippen molar-refractivity contribution in [3.63, 3.8) is 0 Å². The predicted octanol–water partition coefficient (Wildman–Crippen LogP) is 0.296. The van der Waals surface area contributed by atoms with Crippen molar-refractivity contribution in [2.75, 3.05) is 33.4 Å². The molecule has 2 aliphatic heterocycles. The summed E-state index contributed by atoms with van der Waals surface area (Å²) in [6.07, 6.45) is 4.80. The van der Waals surface area contributed by atoms with Crippen LogP contribution >= 0.6 is 0 Å². The van der Waals surface area contributed by atoms with Gasteiger partial charge in [-0.2, -0.15) is 0 Å². The van der Waals surface area contributed by atoms with Crippen LogP contribution in [-0.2, 0) is 14.3 Å². The Kier molecular flexibility index (Phi) is 5.41. The first-order valence-corrected chi connectivity index (χ1v) is 6.95. The van der Waals surface area contributed by atoms with E-state index in [-0.39, 0.29) is 17.9 Å². The van der Waals surface area contributed by atoms with Crippen LogP contribution in [0, 0.1) is 5.92 Å². The summed E-state index contributed by atoms with van der Waals surface area (Å²) in [6.45, 7) is 2.73. The van der Waals surface area contributed by atoms with Gasteiger partial charge in [-0.1, -0.05) is 0 Å². The average molecular weight is 256 g/mol. The molecule has 5 heteroatoms. The van der Waals surface area contributed by atoms with E-state index in [4.69, 9.17) is 9.47 Å². The molecule has 18 heavy (non-hydrogen) atoms. The highest BCUT2D eigenvalue weighted by atomic mass is 16.5. The minimum atomic E-state index is -0.0534. The van der Waals surface area contributed by atoms with Gasteiger partial charge in [0.1, 0.15) is 0 Å². The third-order valence-corrected chi connectivity index (χ3v) is 3.83. The molecule has 0 aromatic carbocycles. The molecular weight excluding hydrogens is 232 g/mol. The van der Waals surface area contributed by atoms with E-state index in [1.165, 1.54) is 12.8 Å². The summed E-state index contributed by atoms with van der Waals surface area (Å²) in [5.41, 5.74) is 0. The van der Waals surface area contributed by atoms with Gasteiger partial charge in [0.2, 0.25) is 5.91 Å². The van der Waals surface area contributed by atoms with Gasteiger partial charge in [-0.25, -0.2) is 0 Å². The Morgan fingerprint density at radius 3 is 2.94 bits per heavy atom.